The van der Waals surface area contributed by atoms with Gasteiger partial charge in [-0.15, -0.1) is 0 Å². The summed E-state index contributed by atoms with van der Waals surface area (Å²) in [6.45, 7) is -0.344. The summed E-state index contributed by atoms with van der Waals surface area (Å²) in [5, 5.41) is 9.54. The van der Waals surface area contributed by atoms with Crippen molar-refractivity contribution in [1.82, 2.24) is 9.97 Å². The number of hydrogen-bond acceptors (Lipinski definition) is 4. The largest absolute Gasteiger partial charge is 0.481 e. The molecule has 0 saturated heterocycles. The van der Waals surface area contributed by atoms with Gasteiger partial charge in [-0.2, -0.15) is 0 Å². The fourth-order valence-electron chi connectivity index (χ4n) is 2.10. The lowest BCUT2D eigenvalue weighted by atomic mass is 9.77. The van der Waals surface area contributed by atoms with Gasteiger partial charge >= 0.3 is 5.97 Å². The standard InChI is InChI=1S/C14H13F2N3O2/c15-10-4-9(5-11(16)6-10)14(8-17,13(20)21)7-12-18-2-1-3-19-12/h1-6H,7-8,17H2,(H,20,21). The molecule has 7 heteroatoms. The highest BCUT2D eigenvalue weighted by molar-refractivity contribution is 5.82. The Balaban J connectivity index is 2.53. The van der Waals surface area contributed by atoms with Gasteiger partial charge < -0.3 is 10.8 Å². The lowest BCUT2D eigenvalue weighted by Crippen LogP contribution is -2.45. The van der Waals surface area contributed by atoms with Crippen LogP contribution in [0.3, 0.4) is 0 Å². The molecule has 0 aliphatic carbocycles. The van der Waals surface area contributed by atoms with Crippen LogP contribution in [0.15, 0.2) is 36.7 Å². The van der Waals surface area contributed by atoms with Crippen LogP contribution in [0.2, 0.25) is 0 Å². The smallest absolute Gasteiger partial charge is 0.315 e. The Labute approximate surface area is 119 Å². The van der Waals surface area contributed by atoms with E-state index in [1.165, 1.54) is 12.4 Å². The molecule has 0 radical (unpaired) electrons. The average Bonchev–Trinajstić information content (AvgIpc) is 2.44. The molecule has 110 valence electrons. The number of carboxylic acids is 1. The molecular formula is C14H13F2N3O2. The number of hydrogen-bond donors (Lipinski definition) is 2. The number of carboxylic acid groups (broad SMARTS) is 1. The van der Waals surface area contributed by atoms with Crippen molar-refractivity contribution in [2.45, 2.75) is 11.8 Å². The van der Waals surface area contributed by atoms with Crippen molar-refractivity contribution in [3.05, 3.63) is 59.7 Å². The number of aromatic nitrogens is 2. The molecule has 21 heavy (non-hydrogen) atoms. The molecule has 1 heterocycles. The van der Waals surface area contributed by atoms with Crippen molar-refractivity contribution in [2.24, 2.45) is 5.73 Å². The van der Waals surface area contributed by atoms with E-state index in [4.69, 9.17) is 5.73 Å². The minimum atomic E-state index is -1.69. The van der Waals surface area contributed by atoms with Crippen LogP contribution >= 0.6 is 0 Å². The van der Waals surface area contributed by atoms with Crippen LogP contribution in [0.1, 0.15) is 11.4 Å². The first-order valence-electron chi connectivity index (χ1n) is 6.14. The van der Waals surface area contributed by atoms with Gasteiger partial charge in [0.1, 0.15) is 22.9 Å². The van der Waals surface area contributed by atoms with Crippen molar-refractivity contribution in [3.8, 4) is 0 Å². The maximum atomic E-state index is 13.4. The van der Waals surface area contributed by atoms with E-state index in [-0.39, 0.29) is 24.4 Å². The van der Waals surface area contributed by atoms with Crippen molar-refractivity contribution in [3.63, 3.8) is 0 Å². The highest BCUT2D eigenvalue weighted by Crippen LogP contribution is 2.28. The summed E-state index contributed by atoms with van der Waals surface area (Å²) in [7, 11) is 0. The van der Waals surface area contributed by atoms with E-state index in [1.807, 2.05) is 0 Å². The van der Waals surface area contributed by atoms with Gasteiger partial charge in [0.25, 0.3) is 0 Å². The SMILES string of the molecule is NCC(Cc1ncccn1)(C(=O)O)c1cc(F)cc(F)c1. The highest BCUT2D eigenvalue weighted by Gasteiger charge is 2.41. The van der Waals surface area contributed by atoms with Crippen LogP contribution in [0, 0.1) is 11.6 Å². The van der Waals surface area contributed by atoms with E-state index in [0.717, 1.165) is 12.1 Å². The Kier molecular flexibility index (Phi) is 4.23. The minimum absolute atomic E-state index is 0.0533. The third kappa shape index (κ3) is 3.03. The molecule has 0 saturated carbocycles. The number of halogens is 2. The summed E-state index contributed by atoms with van der Waals surface area (Å²) in [5.74, 6) is -2.78. The van der Waals surface area contributed by atoms with E-state index < -0.39 is 23.0 Å². The van der Waals surface area contributed by atoms with Crippen molar-refractivity contribution < 1.29 is 18.7 Å². The third-order valence-electron chi connectivity index (χ3n) is 3.25. The molecule has 5 nitrogen and oxygen atoms in total. The Morgan fingerprint density at radius 1 is 1.19 bits per heavy atom. The first-order chi connectivity index (χ1) is 9.98. The lowest BCUT2D eigenvalue weighted by Gasteiger charge is -2.27. The number of aliphatic carboxylic acids is 1. The van der Waals surface area contributed by atoms with Gasteiger partial charge in [0.2, 0.25) is 0 Å². The average molecular weight is 293 g/mol. The second-order valence-electron chi connectivity index (χ2n) is 4.59. The topological polar surface area (TPSA) is 89.1 Å². The summed E-state index contributed by atoms with van der Waals surface area (Å²) >= 11 is 0. The Morgan fingerprint density at radius 3 is 2.24 bits per heavy atom. The fourth-order valence-corrected chi connectivity index (χ4v) is 2.10. The van der Waals surface area contributed by atoms with Crippen LogP contribution < -0.4 is 5.73 Å². The van der Waals surface area contributed by atoms with E-state index in [9.17, 15) is 18.7 Å². The van der Waals surface area contributed by atoms with Gasteiger partial charge in [-0.25, -0.2) is 18.7 Å². The summed E-state index contributed by atoms with van der Waals surface area (Å²) < 4.78 is 26.8. The van der Waals surface area contributed by atoms with Crippen molar-refractivity contribution in [1.29, 1.82) is 0 Å². The minimum Gasteiger partial charge on any atom is -0.481 e. The molecule has 1 atom stereocenters. The van der Waals surface area contributed by atoms with Gasteiger partial charge in [-0.1, -0.05) is 0 Å². The quantitative estimate of drug-likeness (QED) is 0.866. The number of carbonyl (C=O) groups is 1. The van der Waals surface area contributed by atoms with Crippen LogP contribution in [0.4, 0.5) is 8.78 Å². The summed E-state index contributed by atoms with van der Waals surface area (Å²) in [5.41, 5.74) is 3.86. The Hall–Kier alpha value is -2.41. The molecule has 2 aromatic rings. The molecule has 0 aliphatic rings. The number of nitrogens with zero attached hydrogens (tertiary/aromatic N) is 2. The molecule has 0 bridgehead atoms. The lowest BCUT2D eigenvalue weighted by molar-refractivity contribution is -0.143. The molecule has 1 aromatic heterocycles. The molecule has 0 spiro atoms. The summed E-state index contributed by atoms with van der Waals surface area (Å²) in [6, 6.07) is 4.18. The van der Waals surface area contributed by atoms with E-state index in [2.05, 4.69) is 9.97 Å². The zero-order valence-corrected chi connectivity index (χ0v) is 11.0. The van der Waals surface area contributed by atoms with E-state index in [0.29, 0.717) is 6.07 Å². The van der Waals surface area contributed by atoms with E-state index in [1.54, 1.807) is 6.07 Å². The first kappa shape index (κ1) is 15.0. The molecular weight excluding hydrogens is 280 g/mol. The summed E-state index contributed by atoms with van der Waals surface area (Å²) in [4.78, 5) is 19.6. The first-order valence-corrected chi connectivity index (χ1v) is 6.14. The summed E-state index contributed by atoms with van der Waals surface area (Å²) in [6.07, 6.45) is 2.75. The Bertz CT molecular complexity index is 632. The fraction of sp³-hybridized carbons (Fsp3) is 0.214. The van der Waals surface area contributed by atoms with Crippen LogP contribution in [0.5, 0.6) is 0 Å². The molecule has 1 aromatic carbocycles. The van der Waals surface area contributed by atoms with Crippen molar-refractivity contribution in [2.75, 3.05) is 6.54 Å². The van der Waals surface area contributed by atoms with Crippen LogP contribution in [-0.4, -0.2) is 27.6 Å². The Morgan fingerprint density at radius 2 is 1.76 bits per heavy atom. The maximum Gasteiger partial charge on any atom is 0.315 e. The van der Waals surface area contributed by atoms with Gasteiger partial charge in [-0.3, -0.25) is 4.79 Å². The predicted molar refractivity (Wildman–Crippen MR) is 70.5 cm³/mol. The van der Waals surface area contributed by atoms with Crippen LogP contribution in [0.25, 0.3) is 0 Å². The third-order valence-corrected chi connectivity index (χ3v) is 3.25. The van der Waals surface area contributed by atoms with Gasteiger partial charge in [0.05, 0.1) is 0 Å². The zero-order chi connectivity index (χ0) is 15.5. The molecule has 1 unspecified atom stereocenters. The highest BCUT2D eigenvalue weighted by atomic mass is 19.1. The monoisotopic (exact) mass is 293 g/mol. The predicted octanol–water partition coefficient (Wildman–Crippen LogP) is 1.28. The molecule has 0 fully saturated rings. The van der Waals surface area contributed by atoms with Gasteiger partial charge in [-0.05, 0) is 23.8 Å². The molecule has 0 aliphatic heterocycles. The normalized spacial score (nSPS) is 13.7. The molecule has 2 rings (SSSR count). The van der Waals surface area contributed by atoms with Gasteiger partial charge in [0.15, 0.2) is 0 Å². The molecule has 3 N–H and O–H groups in total. The maximum absolute atomic E-state index is 13.4. The van der Waals surface area contributed by atoms with Gasteiger partial charge in [0, 0.05) is 31.4 Å². The zero-order valence-electron chi connectivity index (χ0n) is 11.0. The van der Waals surface area contributed by atoms with E-state index >= 15 is 0 Å². The number of nitrogens with two attached hydrogens (primary N) is 1. The molecule has 0 amide bonds. The van der Waals surface area contributed by atoms with Crippen molar-refractivity contribution >= 4 is 5.97 Å². The number of benzene rings is 1. The van der Waals surface area contributed by atoms with Crippen LogP contribution in [-0.2, 0) is 16.6 Å². The second-order valence-corrected chi connectivity index (χ2v) is 4.59. The number of rotatable bonds is 5. The second kappa shape index (κ2) is 5.92.